The van der Waals surface area contributed by atoms with E-state index in [1.807, 2.05) is 6.07 Å². The average molecular weight is 272 g/mol. The van der Waals surface area contributed by atoms with Crippen molar-refractivity contribution in [3.8, 4) is 0 Å². The van der Waals surface area contributed by atoms with E-state index in [4.69, 9.17) is 11.6 Å². The van der Waals surface area contributed by atoms with Gasteiger partial charge < -0.3 is 5.32 Å². The zero-order valence-electron chi connectivity index (χ0n) is 11.7. The standard InChI is InChI=1S/C15H23ClFN/c1-11(2)18-8-7-15(3,4)10-12-5-6-13(16)14(17)9-12/h5-6,9,11,18H,7-8,10H2,1-4H3. The molecular weight excluding hydrogens is 249 g/mol. The molecule has 1 N–H and O–H groups in total. The van der Waals surface area contributed by atoms with E-state index in [1.165, 1.54) is 0 Å². The summed E-state index contributed by atoms with van der Waals surface area (Å²) < 4.78 is 13.4. The SMILES string of the molecule is CC(C)NCCC(C)(C)Cc1ccc(Cl)c(F)c1. The first-order chi connectivity index (χ1) is 8.30. The number of benzene rings is 1. The molecule has 0 aromatic heterocycles. The van der Waals surface area contributed by atoms with E-state index in [9.17, 15) is 4.39 Å². The molecule has 0 saturated carbocycles. The Bertz CT molecular complexity index is 388. The number of hydrogen-bond acceptors (Lipinski definition) is 1. The predicted octanol–water partition coefficient (Wildman–Crippen LogP) is 4.44. The van der Waals surface area contributed by atoms with E-state index >= 15 is 0 Å². The molecule has 0 unspecified atom stereocenters. The molecule has 0 aliphatic rings. The van der Waals surface area contributed by atoms with Crippen LogP contribution < -0.4 is 5.32 Å². The van der Waals surface area contributed by atoms with Gasteiger partial charge in [0.05, 0.1) is 5.02 Å². The van der Waals surface area contributed by atoms with Crippen LogP contribution in [0.15, 0.2) is 18.2 Å². The lowest BCUT2D eigenvalue weighted by Gasteiger charge is -2.25. The molecule has 1 aromatic rings. The Morgan fingerprint density at radius 3 is 2.56 bits per heavy atom. The molecule has 18 heavy (non-hydrogen) atoms. The summed E-state index contributed by atoms with van der Waals surface area (Å²) in [6, 6.07) is 5.59. The lowest BCUT2D eigenvalue weighted by atomic mass is 9.82. The summed E-state index contributed by atoms with van der Waals surface area (Å²) in [5.74, 6) is -0.328. The molecule has 0 saturated heterocycles. The van der Waals surface area contributed by atoms with Gasteiger partial charge >= 0.3 is 0 Å². The molecule has 0 bridgehead atoms. The van der Waals surface area contributed by atoms with Gasteiger partial charge in [-0.2, -0.15) is 0 Å². The van der Waals surface area contributed by atoms with Gasteiger partial charge in [0.2, 0.25) is 0 Å². The number of hydrogen-bond donors (Lipinski definition) is 1. The molecule has 0 amide bonds. The Kier molecular flexibility index (Phi) is 5.61. The van der Waals surface area contributed by atoms with Gasteiger partial charge in [0.1, 0.15) is 5.82 Å². The van der Waals surface area contributed by atoms with Gasteiger partial charge in [-0.3, -0.25) is 0 Å². The van der Waals surface area contributed by atoms with E-state index in [2.05, 4.69) is 33.0 Å². The van der Waals surface area contributed by atoms with Crippen LogP contribution in [0.1, 0.15) is 39.7 Å². The van der Waals surface area contributed by atoms with Crippen LogP contribution in [0, 0.1) is 11.2 Å². The third-order valence-electron chi connectivity index (χ3n) is 3.02. The molecule has 0 radical (unpaired) electrons. The fraction of sp³-hybridized carbons (Fsp3) is 0.600. The van der Waals surface area contributed by atoms with E-state index in [1.54, 1.807) is 12.1 Å². The third-order valence-corrected chi connectivity index (χ3v) is 3.33. The Balaban J connectivity index is 2.55. The van der Waals surface area contributed by atoms with Gasteiger partial charge in [-0.05, 0) is 42.5 Å². The smallest absolute Gasteiger partial charge is 0.142 e. The van der Waals surface area contributed by atoms with Crippen molar-refractivity contribution in [3.05, 3.63) is 34.6 Å². The fourth-order valence-electron chi connectivity index (χ4n) is 1.99. The molecule has 0 heterocycles. The Hall–Kier alpha value is -0.600. The Morgan fingerprint density at radius 2 is 2.00 bits per heavy atom. The topological polar surface area (TPSA) is 12.0 Å². The third kappa shape index (κ3) is 5.36. The molecule has 0 fully saturated rings. The number of rotatable bonds is 6. The van der Waals surface area contributed by atoms with Gasteiger partial charge in [-0.15, -0.1) is 0 Å². The molecule has 3 heteroatoms. The summed E-state index contributed by atoms with van der Waals surface area (Å²) in [5.41, 5.74) is 1.16. The van der Waals surface area contributed by atoms with Crippen molar-refractivity contribution in [2.75, 3.05) is 6.54 Å². The molecule has 1 rings (SSSR count). The van der Waals surface area contributed by atoms with E-state index in [0.717, 1.165) is 24.9 Å². The Labute approximate surface area is 115 Å². The summed E-state index contributed by atoms with van der Waals surface area (Å²) in [7, 11) is 0. The molecule has 102 valence electrons. The predicted molar refractivity (Wildman–Crippen MR) is 76.7 cm³/mol. The van der Waals surface area contributed by atoms with Crippen molar-refractivity contribution in [1.29, 1.82) is 0 Å². The van der Waals surface area contributed by atoms with Crippen molar-refractivity contribution in [1.82, 2.24) is 5.32 Å². The molecule has 0 atom stereocenters. The van der Waals surface area contributed by atoms with E-state index in [0.29, 0.717) is 6.04 Å². The summed E-state index contributed by atoms with van der Waals surface area (Å²) >= 11 is 5.69. The number of halogens is 2. The highest BCUT2D eigenvalue weighted by molar-refractivity contribution is 6.30. The minimum Gasteiger partial charge on any atom is -0.315 e. The second-order valence-corrected chi connectivity index (χ2v) is 6.36. The molecule has 0 spiro atoms. The van der Waals surface area contributed by atoms with Crippen LogP contribution in [0.3, 0.4) is 0 Å². The normalized spacial score (nSPS) is 12.2. The minimum absolute atomic E-state index is 0.155. The molecular formula is C15H23ClFN. The largest absolute Gasteiger partial charge is 0.315 e. The quantitative estimate of drug-likeness (QED) is 0.807. The molecule has 0 aliphatic heterocycles. The molecule has 1 nitrogen and oxygen atoms in total. The fourth-order valence-corrected chi connectivity index (χ4v) is 2.11. The maximum absolute atomic E-state index is 13.4. The van der Waals surface area contributed by atoms with Crippen molar-refractivity contribution in [3.63, 3.8) is 0 Å². The number of nitrogens with one attached hydrogen (secondary N) is 1. The van der Waals surface area contributed by atoms with Gasteiger partial charge in [0.25, 0.3) is 0 Å². The van der Waals surface area contributed by atoms with Crippen LogP contribution >= 0.6 is 11.6 Å². The lowest BCUT2D eigenvalue weighted by Crippen LogP contribution is -2.28. The Morgan fingerprint density at radius 1 is 1.33 bits per heavy atom. The average Bonchev–Trinajstić information content (AvgIpc) is 2.22. The maximum atomic E-state index is 13.4. The zero-order valence-corrected chi connectivity index (χ0v) is 12.4. The molecule has 1 aromatic carbocycles. The monoisotopic (exact) mass is 271 g/mol. The van der Waals surface area contributed by atoms with Crippen LogP contribution in [0.2, 0.25) is 5.02 Å². The van der Waals surface area contributed by atoms with Crippen LogP contribution in [-0.2, 0) is 6.42 Å². The van der Waals surface area contributed by atoms with Crippen LogP contribution in [0.4, 0.5) is 4.39 Å². The van der Waals surface area contributed by atoms with Gasteiger partial charge in [-0.1, -0.05) is 45.4 Å². The lowest BCUT2D eigenvalue weighted by molar-refractivity contribution is 0.320. The summed E-state index contributed by atoms with van der Waals surface area (Å²) in [6.07, 6.45) is 1.93. The van der Waals surface area contributed by atoms with Gasteiger partial charge in [0.15, 0.2) is 0 Å². The van der Waals surface area contributed by atoms with E-state index in [-0.39, 0.29) is 16.3 Å². The van der Waals surface area contributed by atoms with Crippen LogP contribution in [-0.4, -0.2) is 12.6 Å². The van der Waals surface area contributed by atoms with Crippen LogP contribution in [0.5, 0.6) is 0 Å². The summed E-state index contributed by atoms with van der Waals surface area (Å²) in [6.45, 7) is 9.69. The van der Waals surface area contributed by atoms with Gasteiger partial charge in [-0.25, -0.2) is 4.39 Å². The highest BCUT2D eigenvalue weighted by atomic mass is 35.5. The molecule has 0 aliphatic carbocycles. The first kappa shape index (κ1) is 15.5. The maximum Gasteiger partial charge on any atom is 0.142 e. The highest BCUT2D eigenvalue weighted by Gasteiger charge is 2.18. The summed E-state index contributed by atoms with van der Waals surface area (Å²) in [4.78, 5) is 0. The van der Waals surface area contributed by atoms with Crippen molar-refractivity contribution in [2.24, 2.45) is 5.41 Å². The van der Waals surface area contributed by atoms with Crippen molar-refractivity contribution < 1.29 is 4.39 Å². The second kappa shape index (κ2) is 6.53. The second-order valence-electron chi connectivity index (χ2n) is 5.95. The first-order valence-corrected chi connectivity index (χ1v) is 6.85. The van der Waals surface area contributed by atoms with Crippen molar-refractivity contribution >= 4 is 11.6 Å². The van der Waals surface area contributed by atoms with Crippen molar-refractivity contribution in [2.45, 2.75) is 46.6 Å². The first-order valence-electron chi connectivity index (χ1n) is 6.47. The van der Waals surface area contributed by atoms with E-state index < -0.39 is 0 Å². The minimum atomic E-state index is -0.328. The van der Waals surface area contributed by atoms with Crippen LogP contribution in [0.25, 0.3) is 0 Å². The highest BCUT2D eigenvalue weighted by Crippen LogP contribution is 2.27. The van der Waals surface area contributed by atoms with Gasteiger partial charge in [0, 0.05) is 6.04 Å². The zero-order chi connectivity index (χ0) is 13.8. The summed E-state index contributed by atoms with van der Waals surface area (Å²) in [5, 5.41) is 3.61.